The standard InChI is InChI=1S/C19H25N3O3/c1-21(15-10-13-6-7-14(11-15)20-13)18(23)8-9-22-16-4-2-3-5-17(16)25-12-19(22)24/h2-5,13-15,20H,6-12H2,1H3. The van der Waals surface area contributed by atoms with Gasteiger partial charge >= 0.3 is 0 Å². The molecule has 3 aliphatic rings. The Kier molecular flexibility index (Phi) is 4.37. The number of carbonyl (C=O) groups is 2. The molecule has 2 saturated heterocycles. The molecule has 6 heteroatoms. The third-order valence-corrected chi connectivity index (χ3v) is 5.75. The van der Waals surface area contributed by atoms with Crippen molar-refractivity contribution >= 4 is 17.5 Å². The van der Waals surface area contributed by atoms with E-state index in [1.807, 2.05) is 36.2 Å². The van der Waals surface area contributed by atoms with Crippen LogP contribution in [0.2, 0.25) is 0 Å². The highest BCUT2D eigenvalue weighted by molar-refractivity contribution is 5.98. The maximum absolute atomic E-state index is 12.7. The van der Waals surface area contributed by atoms with Gasteiger partial charge in [-0.1, -0.05) is 12.1 Å². The molecule has 3 heterocycles. The van der Waals surface area contributed by atoms with Gasteiger partial charge in [-0.3, -0.25) is 9.59 Å². The first kappa shape index (κ1) is 16.4. The molecule has 2 atom stereocenters. The second-order valence-electron chi connectivity index (χ2n) is 7.32. The molecule has 0 radical (unpaired) electrons. The Morgan fingerprint density at radius 3 is 2.76 bits per heavy atom. The van der Waals surface area contributed by atoms with E-state index in [1.165, 1.54) is 12.8 Å². The summed E-state index contributed by atoms with van der Waals surface area (Å²) >= 11 is 0. The maximum Gasteiger partial charge on any atom is 0.265 e. The lowest BCUT2D eigenvalue weighted by Gasteiger charge is -2.36. The van der Waals surface area contributed by atoms with Gasteiger partial charge in [-0.25, -0.2) is 0 Å². The van der Waals surface area contributed by atoms with E-state index in [9.17, 15) is 9.59 Å². The summed E-state index contributed by atoms with van der Waals surface area (Å²) in [5.41, 5.74) is 0.758. The van der Waals surface area contributed by atoms with Crippen molar-refractivity contribution in [1.82, 2.24) is 10.2 Å². The largest absolute Gasteiger partial charge is 0.482 e. The fourth-order valence-electron chi connectivity index (χ4n) is 4.33. The summed E-state index contributed by atoms with van der Waals surface area (Å²) in [6, 6.07) is 8.93. The second kappa shape index (κ2) is 6.67. The van der Waals surface area contributed by atoms with Gasteiger partial charge < -0.3 is 19.9 Å². The molecule has 0 aliphatic carbocycles. The minimum absolute atomic E-state index is 0.0404. The van der Waals surface area contributed by atoms with Crippen molar-refractivity contribution in [3.8, 4) is 5.75 Å². The van der Waals surface area contributed by atoms with Gasteiger partial charge in [-0.05, 0) is 37.8 Å². The Morgan fingerprint density at radius 2 is 2.00 bits per heavy atom. The number of fused-ring (bicyclic) bond motifs is 3. The van der Waals surface area contributed by atoms with Crippen LogP contribution < -0.4 is 15.0 Å². The topological polar surface area (TPSA) is 61.9 Å². The minimum atomic E-state index is -0.0888. The molecule has 2 bridgehead atoms. The first-order chi connectivity index (χ1) is 12.1. The molecule has 25 heavy (non-hydrogen) atoms. The van der Waals surface area contributed by atoms with Crippen LogP contribution >= 0.6 is 0 Å². The number of anilines is 1. The Balaban J connectivity index is 1.38. The number of rotatable bonds is 4. The number of benzene rings is 1. The van der Waals surface area contributed by atoms with E-state index >= 15 is 0 Å². The number of hydrogen-bond acceptors (Lipinski definition) is 4. The summed E-state index contributed by atoms with van der Waals surface area (Å²) < 4.78 is 5.45. The van der Waals surface area contributed by atoms with Gasteiger partial charge in [0, 0.05) is 38.1 Å². The predicted octanol–water partition coefficient (Wildman–Crippen LogP) is 1.54. The number of hydrogen-bond donors (Lipinski definition) is 1. The fraction of sp³-hybridized carbons (Fsp3) is 0.579. The molecule has 0 saturated carbocycles. The van der Waals surface area contributed by atoms with E-state index in [0.717, 1.165) is 18.5 Å². The molecule has 4 rings (SSSR count). The number of piperidine rings is 1. The third-order valence-electron chi connectivity index (χ3n) is 5.75. The van der Waals surface area contributed by atoms with Crippen molar-refractivity contribution in [2.24, 2.45) is 0 Å². The molecule has 2 fully saturated rings. The minimum Gasteiger partial charge on any atom is -0.482 e. The van der Waals surface area contributed by atoms with E-state index in [-0.39, 0.29) is 18.4 Å². The Hall–Kier alpha value is -2.08. The summed E-state index contributed by atoms with van der Waals surface area (Å²) in [5, 5.41) is 3.61. The SMILES string of the molecule is CN(C(=O)CCN1C(=O)COc2ccccc21)C1CC2CCC(C1)N2. The molecule has 1 N–H and O–H groups in total. The highest BCUT2D eigenvalue weighted by atomic mass is 16.5. The normalized spacial score (nSPS) is 27.6. The van der Waals surface area contributed by atoms with Gasteiger partial charge in [0.05, 0.1) is 5.69 Å². The van der Waals surface area contributed by atoms with E-state index in [2.05, 4.69) is 5.32 Å². The van der Waals surface area contributed by atoms with E-state index in [1.54, 1.807) is 4.90 Å². The van der Waals surface area contributed by atoms with Crippen LogP contribution in [0.15, 0.2) is 24.3 Å². The lowest BCUT2D eigenvalue weighted by atomic mass is 9.98. The molecule has 0 spiro atoms. The lowest BCUT2D eigenvalue weighted by molar-refractivity contribution is -0.132. The number of ether oxygens (including phenoxy) is 1. The zero-order valence-corrected chi connectivity index (χ0v) is 14.6. The first-order valence-electron chi connectivity index (χ1n) is 9.15. The molecule has 1 aromatic carbocycles. The summed E-state index contributed by atoms with van der Waals surface area (Å²) in [4.78, 5) is 28.5. The average molecular weight is 343 g/mol. The van der Waals surface area contributed by atoms with Crippen LogP contribution in [-0.2, 0) is 9.59 Å². The van der Waals surface area contributed by atoms with Crippen molar-refractivity contribution < 1.29 is 14.3 Å². The predicted molar refractivity (Wildman–Crippen MR) is 94.6 cm³/mol. The van der Waals surface area contributed by atoms with Crippen LogP contribution in [0, 0.1) is 0 Å². The molecule has 1 aromatic rings. The molecule has 2 amide bonds. The second-order valence-corrected chi connectivity index (χ2v) is 7.32. The van der Waals surface area contributed by atoms with Gasteiger partial charge in [0.25, 0.3) is 5.91 Å². The molecule has 6 nitrogen and oxygen atoms in total. The van der Waals surface area contributed by atoms with Crippen molar-refractivity contribution in [3.05, 3.63) is 24.3 Å². The number of nitrogens with one attached hydrogen (secondary N) is 1. The van der Waals surface area contributed by atoms with Gasteiger partial charge in [-0.15, -0.1) is 0 Å². The monoisotopic (exact) mass is 343 g/mol. The highest BCUT2D eigenvalue weighted by Gasteiger charge is 2.36. The number of para-hydroxylation sites is 2. The number of nitrogens with zero attached hydrogens (tertiary/aromatic N) is 2. The first-order valence-corrected chi connectivity index (χ1v) is 9.15. The zero-order chi connectivity index (χ0) is 17.4. The van der Waals surface area contributed by atoms with Crippen LogP contribution in [0.4, 0.5) is 5.69 Å². The summed E-state index contributed by atoms with van der Waals surface area (Å²) in [5.74, 6) is 0.731. The van der Waals surface area contributed by atoms with Gasteiger partial charge in [-0.2, -0.15) is 0 Å². The van der Waals surface area contributed by atoms with Crippen molar-refractivity contribution in [1.29, 1.82) is 0 Å². The van der Waals surface area contributed by atoms with E-state index in [0.29, 0.717) is 36.8 Å². The van der Waals surface area contributed by atoms with Crippen molar-refractivity contribution in [2.45, 2.75) is 50.2 Å². The number of carbonyl (C=O) groups excluding carboxylic acids is 2. The van der Waals surface area contributed by atoms with Crippen molar-refractivity contribution in [3.63, 3.8) is 0 Å². The summed E-state index contributed by atoms with van der Waals surface area (Å²) in [7, 11) is 1.91. The quantitative estimate of drug-likeness (QED) is 0.901. The van der Waals surface area contributed by atoms with E-state index in [4.69, 9.17) is 4.74 Å². The van der Waals surface area contributed by atoms with Crippen LogP contribution in [0.25, 0.3) is 0 Å². The van der Waals surface area contributed by atoms with Gasteiger partial charge in [0.2, 0.25) is 5.91 Å². The molecular weight excluding hydrogens is 318 g/mol. The highest BCUT2D eigenvalue weighted by Crippen LogP contribution is 2.32. The van der Waals surface area contributed by atoms with Crippen molar-refractivity contribution in [2.75, 3.05) is 25.1 Å². The summed E-state index contributed by atoms with van der Waals surface area (Å²) in [6.45, 7) is 0.443. The van der Waals surface area contributed by atoms with E-state index < -0.39 is 0 Å². The van der Waals surface area contributed by atoms with Crippen LogP contribution in [0.5, 0.6) is 5.75 Å². The zero-order valence-electron chi connectivity index (χ0n) is 14.6. The molecule has 0 aromatic heterocycles. The third kappa shape index (κ3) is 3.23. The molecule has 3 aliphatic heterocycles. The Bertz CT molecular complexity index is 666. The number of amides is 2. The molecular formula is C19H25N3O3. The van der Waals surface area contributed by atoms with Crippen LogP contribution in [0.3, 0.4) is 0 Å². The Labute approximate surface area is 148 Å². The van der Waals surface area contributed by atoms with Crippen LogP contribution in [-0.4, -0.2) is 55.0 Å². The molecule has 134 valence electrons. The Morgan fingerprint density at radius 1 is 1.28 bits per heavy atom. The van der Waals surface area contributed by atoms with Crippen LogP contribution in [0.1, 0.15) is 32.1 Å². The molecule has 2 unspecified atom stereocenters. The smallest absolute Gasteiger partial charge is 0.265 e. The maximum atomic E-state index is 12.7. The summed E-state index contributed by atoms with van der Waals surface area (Å²) in [6.07, 6.45) is 4.87. The van der Waals surface area contributed by atoms with Gasteiger partial charge in [0.1, 0.15) is 5.75 Å². The van der Waals surface area contributed by atoms with Gasteiger partial charge in [0.15, 0.2) is 6.61 Å². The lowest BCUT2D eigenvalue weighted by Crippen LogP contribution is -2.49. The fourth-order valence-corrected chi connectivity index (χ4v) is 4.33. The average Bonchev–Trinajstić information content (AvgIpc) is 2.97.